The van der Waals surface area contributed by atoms with Crippen LogP contribution in [-0.4, -0.2) is 87.3 Å². The molecule has 5 rings (SSSR count). The molecule has 1 aliphatic heterocycles. The quantitative estimate of drug-likeness (QED) is 0.231. The van der Waals surface area contributed by atoms with Crippen LogP contribution in [0.15, 0.2) is 30.7 Å². The fourth-order valence-electron chi connectivity index (χ4n) is 5.32. The van der Waals surface area contributed by atoms with Crippen LogP contribution < -0.4 is 0 Å². The third kappa shape index (κ3) is 5.88. The standard InChI is InChI=1S/C26H28F5N5O5S/c1-12-19(33-7-6-32-12)23(25(40)2-4-26(30,31)5-3-25)42-24-22(39)20(21(38)17(11-37)41-24)36-10-16(34-35-36)13-8-14(27)18(29)15(28)9-13/h6-10,17,20-24,37-40H,2-5,11H2,1H3/t17-,20+,21+,22-,23+,24+/m1/s1. The maximum absolute atomic E-state index is 14.0. The van der Waals surface area contributed by atoms with Gasteiger partial charge in [0.25, 0.3) is 0 Å². The first kappa shape index (κ1) is 30.7. The molecule has 1 saturated carbocycles. The van der Waals surface area contributed by atoms with Crippen molar-refractivity contribution in [3.05, 3.63) is 59.6 Å². The molecule has 3 aromatic rings. The molecule has 0 radical (unpaired) electrons. The summed E-state index contributed by atoms with van der Waals surface area (Å²) < 4.78 is 76.0. The second-order valence-electron chi connectivity index (χ2n) is 10.5. The van der Waals surface area contributed by atoms with Crippen molar-refractivity contribution in [2.75, 3.05) is 6.61 Å². The van der Waals surface area contributed by atoms with Crippen molar-refractivity contribution in [2.45, 2.75) is 79.2 Å². The molecule has 1 aliphatic carbocycles. The van der Waals surface area contributed by atoms with Crippen LogP contribution >= 0.6 is 11.8 Å². The summed E-state index contributed by atoms with van der Waals surface area (Å²) in [6.45, 7) is 0.943. The van der Waals surface area contributed by atoms with Gasteiger partial charge in [0.1, 0.15) is 35.5 Å². The van der Waals surface area contributed by atoms with Crippen LogP contribution in [0.1, 0.15) is 48.4 Å². The number of benzene rings is 1. The Hall–Kier alpha value is -2.76. The average molecular weight is 618 g/mol. The van der Waals surface area contributed by atoms with E-state index in [4.69, 9.17) is 4.74 Å². The lowest BCUT2D eigenvalue weighted by Crippen LogP contribution is -2.55. The minimum atomic E-state index is -2.95. The van der Waals surface area contributed by atoms with Crippen LogP contribution in [0, 0.1) is 24.4 Å². The smallest absolute Gasteiger partial charge is 0.248 e. The zero-order chi connectivity index (χ0) is 30.4. The van der Waals surface area contributed by atoms with E-state index in [0.29, 0.717) is 17.8 Å². The number of alkyl halides is 2. The number of rotatable bonds is 7. The highest BCUT2D eigenvalue weighted by molar-refractivity contribution is 8.00. The van der Waals surface area contributed by atoms with Gasteiger partial charge in [0.2, 0.25) is 5.92 Å². The summed E-state index contributed by atoms with van der Waals surface area (Å²) in [5.41, 5.74) is -2.50. The van der Waals surface area contributed by atoms with Crippen LogP contribution in [0.5, 0.6) is 0 Å². The highest BCUT2D eigenvalue weighted by Crippen LogP contribution is 2.52. The molecule has 1 saturated heterocycles. The van der Waals surface area contributed by atoms with Crippen molar-refractivity contribution in [3.8, 4) is 11.3 Å². The molecule has 2 aliphatic rings. The number of hydrogen-bond acceptors (Lipinski definition) is 10. The molecule has 10 nitrogen and oxygen atoms in total. The maximum atomic E-state index is 14.0. The van der Waals surface area contributed by atoms with Gasteiger partial charge in [-0.2, -0.15) is 0 Å². The number of nitrogens with zero attached hydrogens (tertiary/aromatic N) is 5. The molecule has 0 unspecified atom stereocenters. The Balaban J connectivity index is 1.47. The molecule has 0 amide bonds. The average Bonchev–Trinajstić information content (AvgIpc) is 3.43. The van der Waals surface area contributed by atoms with E-state index in [2.05, 4.69) is 20.3 Å². The zero-order valence-corrected chi connectivity index (χ0v) is 22.9. The van der Waals surface area contributed by atoms with Gasteiger partial charge in [0.15, 0.2) is 17.5 Å². The molecule has 0 bridgehead atoms. The van der Waals surface area contributed by atoms with E-state index in [0.717, 1.165) is 16.4 Å². The normalized spacial score (nSPS) is 28.0. The Kier molecular flexibility index (Phi) is 8.57. The molecule has 42 heavy (non-hydrogen) atoms. The van der Waals surface area contributed by atoms with E-state index in [-0.39, 0.29) is 29.8 Å². The Bertz CT molecular complexity index is 1400. The van der Waals surface area contributed by atoms with Crippen LogP contribution in [0.4, 0.5) is 22.0 Å². The Morgan fingerprint density at radius 1 is 1.05 bits per heavy atom. The lowest BCUT2D eigenvalue weighted by Gasteiger charge is -2.46. The van der Waals surface area contributed by atoms with E-state index in [1.165, 1.54) is 18.6 Å². The number of ether oxygens (including phenoxy) is 1. The van der Waals surface area contributed by atoms with E-state index < -0.39 is 83.5 Å². The lowest BCUT2D eigenvalue weighted by atomic mass is 9.79. The third-order valence-corrected chi connectivity index (χ3v) is 9.31. The highest BCUT2D eigenvalue weighted by Gasteiger charge is 2.52. The van der Waals surface area contributed by atoms with Crippen molar-refractivity contribution in [1.82, 2.24) is 25.0 Å². The van der Waals surface area contributed by atoms with Crippen LogP contribution in [0.2, 0.25) is 0 Å². The summed E-state index contributed by atoms with van der Waals surface area (Å²) in [4.78, 5) is 8.54. The van der Waals surface area contributed by atoms with Gasteiger partial charge in [-0.15, -0.1) is 16.9 Å². The molecule has 1 aromatic carbocycles. The summed E-state index contributed by atoms with van der Waals surface area (Å²) in [5.74, 6) is -7.52. The summed E-state index contributed by atoms with van der Waals surface area (Å²) in [6, 6.07) is 0.0980. The number of thioether (sulfide) groups is 1. The zero-order valence-electron chi connectivity index (χ0n) is 22.1. The van der Waals surface area contributed by atoms with Crippen molar-refractivity contribution in [1.29, 1.82) is 0 Å². The number of hydrogen-bond donors (Lipinski definition) is 4. The number of aromatic nitrogens is 5. The van der Waals surface area contributed by atoms with Gasteiger partial charge in [-0.3, -0.25) is 9.97 Å². The molecule has 16 heteroatoms. The van der Waals surface area contributed by atoms with Gasteiger partial charge < -0.3 is 25.2 Å². The minimum Gasteiger partial charge on any atom is -0.394 e. The van der Waals surface area contributed by atoms with E-state index >= 15 is 0 Å². The fourth-order valence-corrected chi connectivity index (χ4v) is 6.96. The molecule has 3 heterocycles. The number of halogens is 5. The number of aliphatic hydroxyl groups excluding tert-OH is 3. The predicted octanol–water partition coefficient (Wildman–Crippen LogP) is 2.86. The minimum absolute atomic E-state index is 0.103. The predicted molar refractivity (Wildman–Crippen MR) is 138 cm³/mol. The molecule has 4 N–H and O–H groups in total. The van der Waals surface area contributed by atoms with Gasteiger partial charge in [0.05, 0.1) is 35.0 Å². The molecule has 0 spiro atoms. The monoisotopic (exact) mass is 617 g/mol. The number of aliphatic hydroxyl groups is 4. The van der Waals surface area contributed by atoms with Crippen LogP contribution in [-0.2, 0) is 4.74 Å². The first-order chi connectivity index (χ1) is 19.8. The third-order valence-electron chi connectivity index (χ3n) is 7.72. The van der Waals surface area contributed by atoms with E-state index in [9.17, 15) is 42.4 Å². The van der Waals surface area contributed by atoms with Crippen molar-refractivity contribution in [3.63, 3.8) is 0 Å². The largest absolute Gasteiger partial charge is 0.394 e. The van der Waals surface area contributed by atoms with E-state index in [1.807, 2.05) is 0 Å². The summed E-state index contributed by atoms with van der Waals surface area (Å²) in [6.07, 6.45) is -2.10. The molecule has 2 aromatic heterocycles. The fraction of sp³-hybridized carbons (Fsp3) is 0.538. The van der Waals surface area contributed by atoms with Gasteiger partial charge in [-0.1, -0.05) is 5.21 Å². The van der Waals surface area contributed by atoms with E-state index in [1.54, 1.807) is 6.92 Å². The van der Waals surface area contributed by atoms with Gasteiger partial charge in [0, 0.05) is 30.8 Å². The first-order valence-electron chi connectivity index (χ1n) is 13.1. The number of aryl methyl sites for hydroxylation is 1. The molecule has 6 atom stereocenters. The summed E-state index contributed by atoms with van der Waals surface area (Å²) in [5, 5.41) is 50.7. The van der Waals surface area contributed by atoms with Crippen molar-refractivity contribution >= 4 is 11.8 Å². The molecule has 228 valence electrons. The Morgan fingerprint density at radius 2 is 1.69 bits per heavy atom. The SMILES string of the molecule is Cc1nccnc1[C@H](S[C@@H]1O[C@H](CO)[C@H](O)[C@H](n2cc(-c3cc(F)c(F)c(F)c3)nn2)[C@H]1O)C1(O)CCC(F)(F)CC1. The van der Waals surface area contributed by atoms with Crippen LogP contribution in [0.25, 0.3) is 11.3 Å². The van der Waals surface area contributed by atoms with Crippen molar-refractivity contribution in [2.24, 2.45) is 0 Å². The van der Waals surface area contributed by atoms with Gasteiger partial charge in [-0.25, -0.2) is 26.6 Å². The van der Waals surface area contributed by atoms with Gasteiger partial charge in [-0.05, 0) is 31.9 Å². The topological polar surface area (TPSA) is 147 Å². The Morgan fingerprint density at radius 3 is 2.31 bits per heavy atom. The second-order valence-corrected chi connectivity index (χ2v) is 11.7. The molecular formula is C26H28F5N5O5S. The highest BCUT2D eigenvalue weighted by atomic mass is 32.2. The lowest BCUT2D eigenvalue weighted by molar-refractivity contribution is -0.179. The molecule has 2 fully saturated rings. The summed E-state index contributed by atoms with van der Waals surface area (Å²) >= 11 is 0.881. The Labute approximate surface area is 240 Å². The van der Waals surface area contributed by atoms with Crippen LogP contribution in [0.3, 0.4) is 0 Å². The summed E-state index contributed by atoms with van der Waals surface area (Å²) in [7, 11) is 0. The first-order valence-corrected chi connectivity index (χ1v) is 14.0. The maximum Gasteiger partial charge on any atom is 0.248 e. The van der Waals surface area contributed by atoms with Crippen molar-refractivity contribution < 1.29 is 47.1 Å². The second kappa shape index (κ2) is 11.7. The van der Waals surface area contributed by atoms with Gasteiger partial charge >= 0.3 is 0 Å². The molecular weight excluding hydrogens is 589 g/mol.